The number of pyridine rings is 1. The molecule has 0 aliphatic carbocycles. The minimum absolute atomic E-state index is 0.00134. The van der Waals surface area contributed by atoms with Crippen molar-refractivity contribution in [1.82, 2.24) is 39.8 Å². The van der Waals surface area contributed by atoms with Gasteiger partial charge in [-0.15, -0.1) is 0 Å². The normalized spacial score (nSPS) is 18.4. The SMILES string of the molecule is C=CC(=O)Nc1cnc(C(=O)N(C)[C@H](C(=O)N[C@H]2Cc3cccc(c3)-c3ccc4c(c3)c(c(-c3cccnc3C(C)OC)n4CC)CC(C)(C)COC(=O)[C@@H]3CCCN(N3)C2=O)C(C)C)n1C. The van der Waals surface area contributed by atoms with Crippen molar-refractivity contribution in [2.24, 2.45) is 18.4 Å². The number of methoxy groups -OCH3 is 1. The molecular weight excluding hydrogens is 851 g/mol. The minimum Gasteiger partial charge on any atom is -0.464 e. The standard InChI is InChI=1S/C51H63N9O7/c1-11-42(61)55-41-28-53-46(57(41)8)49(64)58(9)44(30(3)4)47(62)54-39-25-32-16-13-17-33(24-32)34-20-21-40-36(26-34)37(45(59(40)12-2)35-18-14-22-52-43(35)31(5)66-10)27-51(6,7)29-67-50(65)38-19-15-23-60(56-38)48(39)63/h11,13-14,16-18,20-22,24,26,28,30-31,38-39,44,56H,1,12,15,19,23,25,27,29H2,2-10H3,(H,54,62)(H,55,61)/t31?,38-,39-,44-/m0/s1. The van der Waals surface area contributed by atoms with E-state index in [1.54, 1.807) is 20.4 Å². The van der Waals surface area contributed by atoms with Gasteiger partial charge in [0, 0.05) is 68.8 Å². The molecular formula is C51H63N9O7. The van der Waals surface area contributed by atoms with Gasteiger partial charge in [-0.3, -0.25) is 34.0 Å². The molecule has 6 bridgehead atoms. The van der Waals surface area contributed by atoms with E-state index in [9.17, 15) is 24.0 Å². The first-order valence-electron chi connectivity index (χ1n) is 23.0. The van der Waals surface area contributed by atoms with E-state index in [1.165, 1.54) is 27.7 Å². The fourth-order valence-corrected chi connectivity index (χ4v) is 9.35. The van der Waals surface area contributed by atoms with Crippen LogP contribution in [0.25, 0.3) is 33.3 Å². The van der Waals surface area contributed by atoms with E-state index in [-0.39, 0.29) is 36.7 Å². The molecule has 2 aromatic carbocycles. The number of benzene rings is 2. The first-order chi connectivity index (χ1) is 32.0. The molecule has 1 fully saturated rings. The summed E-state index contributed by atoms with van der Waals surface area (Å²) in [6.45, 7) is 16.5. The number of aromatic nitrogens is 4. The van der Waals surface area contributed by atoms with E-state index in [0.29, 0.717) is 32.4 Å². The highest BCUT2D eigenvalue weighted by atomic mass is 16.5. The van der Waals surface area contributed by atoms with Gasteiger partial charge < -0.3 is 34.1 Å². The van der Waals surface area contributed by atoms with Gasteiger partial charge in [-0.2, -0.15) is 0 Å². The third-order valence-corrected chi connectivity index (χ3v) is 12.9. The van der Waals surface area contributed by atoms with Crippen LogP contribution in [0.15, 0.2) is 79.6 Å². The second-order valence-corrected chi connectivity index (χ2v) is 18.7. The lowest BCUT2D eigenvalue weighted by molar-refractivity contribution is -0.155. The van der Waals surface area contributed by atoms with E-state index >= 15 is 0 Å². The zero-order valence-electron chi connectivity index (χ0n) is 40.0. The van der Waals surface area contributed by atoms with Crippen molar-refractivity contribution in [1.29, 1.82) is 0 Å². The van der Waals surface area contributed by atoms with Gasteiger partial charge in [0.2, 0.25) is 17.6 Å². The third kappa shape index (κ3) is 10.1. The lowest BCUT2D eigenvalue weighted by Gasteiger charge is -2.36. The number of aryl methyl sites for hydroxylation is 1. The van der Waals surface area contributed by atoms with Crippen LogP contribution in [0.4, 0.5) is 5.82 Å². The van der Waals surface area contributed by atoms with E-state index in [1.807, 2.05) is 51.1 Å². The summed E-state index contributed by atoms with van der Waals surface area (Å²) in [4.78, 5) is 79.5. The number of hydrogen-bond donors (Lipinski definition) is 3. The van der Waals surface area contributed by atoms with Crippen LogP contribution in [0.2, 0.25) is 0 Å². The minimum atomic E-state index is -1.10. The van der Waals surface area contributed by atoms with Crippen LogP contribution >= 0.6 is 0 Å². The number of nitrogens with one attached hydrogen (secondary N) is 3. The molecule has 3 N–H and O–H groups in total. The molecule has 1 unspecified atom stereocenters. The fourth-order valence-electron chi connectivity index (χ4n) is 9.35. The second kappa shape index (κ2) is 20.1. The average Bonchev–Trinajstić information content (AvgIpc) is 3.83. The van der Waals surface area contributed by atoms with E-state index in [0.717, 1.165) is 56.2 Å². The Hall–Kier alpha value is -6.65. The molecule has 3 aromatic heterocycles. The number of carbonyl (C=O) groups excluding carboxylic acids is 5. The van der Waals surface area contributed by atoms with Gasteiger partial charge in [0.15, 0.2) is 0 Å². The Labute approximate surface area is 392 Å². The molecule has 7 rings (SSSR count). The van der Waals surface area contributed by atoms with Gasteiger partial charge >= 0.3 is 5.97 Å². The molecule has 67 heavy (non-hydrogen) atoms. The van der Waals surface area contributed by atoms with Gasteiger partial charge in [-0.25, -0.2) is 10.4 Å². The summed E-state index contributed by atoms with van der Waals surface area (Å²) in [6.07, 6.45) is 5.66. The van der Waals surface area contributed by atoms with Crippen LogP contribution in [0.1, 0.15) is 87.9 Å². The number of anilines is 1. The monoisotopic (exact) mass is 913 g/mol. The number of hydrogen-bond acceptors (Lipinski definition) is 10. The summed E-state index contributed by atoms with van der Waals surface area (Å²) in [5.74, 6) is -2.59. The Morgan fingerprint density at radius 3 is 2.55 bits per heavy atom. The van der Waals surface area contributed by atoms with E-state index in [2.05, 4.69) is 77.2 Å². The Morgan fingerprint density at radius 2 is 1.84 bits per heavy atom. The van der Waals surface area contributed by atoms with Crippen molar-refractivity contribution < 1.29 is 33.4 Å². The molecule has 2 aliphatic heterocycles. The largest absolute Gasteiger partial charge is 0.464 e. The van der Waals surface area contributed by atoms with Crippen molar-refractivity contribution >= 4 is 46.3 Å². The molecule has 4 atom stereocenters. The lowest BCUT2D eigenvalue weighted by Crippen LogP contribution is -2.62. The van der Waals surface area contributed by atoms with Gasteiger partial charge in [0.25, 0.3) is 11.8 Å². The number of carbonyl (C=O) groups is 5. The molecule has 0 saturated carbocycles. The molecule has 16 heteroatoms. The molecule has 4 amide bonds. The van der Waals surface area contributed by atoms with Crippen molar-refractivity contribution in [3.05, 3.63) is 102 Å². The van der Waals surface area contributed by atoms with Crippen molar-refractivity contribution in [3.8, 4) is 22.4 Å². The third-order valence-electron chi connectivity index (χ3n) is 12.9. The molecule has 5 aromatic rings. The summed E-state index contributed by atoms with van der Waals surface area (Å²) >= 11 is 0. The zero-order valence-corrected chi connectivity index (χ0v) is 40.0. The maximum atomic E-state index is 14.7. The number of esters is 1. The number of likely N-dealkylation sites (N-methyl/N-ethyl adjacent to an activating group) is 1. The number of amides is 4. The Kier molecular flexibility index (Phi) is 14.5. The zero-order chi connectivity index (χ0) is 48.3. The number of rotatable bonds is 11. The van der Waals surface area contributed by atoms with Crippen molar-refractivity contribution in [2.75, 3.05) is 32.6 Å². The van der Waals surface area contributed by atoms with Crippen LogP contribution < -0.4 is 16.1 Å². The van der Waals surface area contributed by atoms with E-state index in [4.69, 9.17) is 14.5 Å². The number of ether oxygens (including phenoxy) is 2. The number of fused-ring (bicyclic) bond motifs is 6. The van der Waals surface area contributed by atoms with Gasteiger partial charge in [0.1, 0.15) is 23.9 Å². The highest BCUT2D eigenvalue weighted by Crippen LogP contribution is 2.42. The van der Waals surface area contributed by atoms with Crippen molar-refractivity contribution in [2.45, 2.75) is 98.0 Å². The van der Waals surface area contributed by atoms with Crippen LogP contribution in [0, 0.1) is 11.3 Å². The summed E-state index contributed by atoms with van der Waals surface area (Å²) < 4.78 is 15.7. The molecule has 354 valence electrons. The highest BCUT2D eigenvalue weighted by Gasteiger charge is 2.38. The first kappa shape index (κ1) is 48.3. The van der Waals surface area contributed by atoms with Gasteiger partial charge in [-0.05, 0) is 91.6 Å². The molecule has 1 saturated heterocycles. The van der Waals surface area contributed by atoms with Crippen LogP contribution in [0.5, 0.6) is 0 Å². The van der Waals surface area contributed by atoms with Crippen LogP contribution in [-0.4, -0.2) is 104 Å². The summed E-state index contributed by atoms with van der Waals surface area (Å²) in [6, 6.07) is 15.5. The quantitative estimate of drug-likeness (QED) is 0.0991. The Bertz CT molecular complexity index is 2700. The summed E-state index contributed by atoms with van der Waals surface area (Å²) in [7, 11) is 4.78. The Balaban J connectivity index is 1.30. The maximum Gasteiger partial charge on any atom is 0.324 e. The Morgan fingerprint density at radius 1 is 1.07 bits per heavy atom. The van der Waals surface area contributed by atoms with Crippen LogP contribution in [-0.2, 0) is 55.1 Å². The topological polar surface area (TPSA) is 182 Å². The molecule has 2 aliphatic rings. The van der Waals surface area contributed by atoms with Crippen molar-refractivity contribution in [3.63, 3.8) is 0 Å². The maximum absolute atomic E-state index is 14.7. The smallest absolute Gasteiger partial charge is 0.324 e. The van der Waals surface area contributed by atoms with Gasteiger partial charge in [-0.1, -0.05) is 64.6 Å². The molecule has 0 radical (unpaired) electrons. The molecule has 0 spiro atoms. The number of cyclic esters (lactones) is 1. The predicted molar refractivity (Wildman–Crippen MR) is 256 cm³/mol. The highest BCUT2D eigenvalue weighted by molar-refractivity contribution is 6.00. The molecule has 16 nitrogen and oxygen atoms in total. The van der Waals surface area contributed by atoms with E-state index < -0.39 is 53.1 Å². The number of hydrazine groups is 1. The summed E-state index contributed by atoms with van der Waals surface area (Å²) in [5, 5.41) is 8.11. The second-order valence-electron chi connectivity index (χ2n) is 18.7. The van der Waals surface area contributed by atoms with Crippen LogP contribution in [0.3, 0.4) is 0 Å². The average molecular weight is 914 g/mol. The number of imidazole rings is 1. The summed E-state index contributed by atoms with van der Waals surface area (Å²) in [5.41, 5.74) is 10.3. The fraction of sp³-hybridized carbons (Fsp3) is 0.431. The first-order valence-corrected chi connectivity index (χ1v) is 23.0. The van der Waals surface area contributed by atoms with Gasteiger partial charge in [0.05, 0.1) is 30.3 Å². The number of nitrogens with zero attached hydrogens (tertiary/aromatic N) is 6. The molecule has 5 heterocycles. The predicted octanol–water partition coefficient (Wildman–Crippen LogP) is 6.40. The lowest BCUT2D eigenvalue weighted by atomic mass is 9.84.